The first-order valence-corrected chi connectivity index (χ1v) is 7.58. The number of hydrogen-bond acceptors (Lipinski definition) is 5. The molecule has 1 aromatic carbocycles. The third-order valence-corrected chi connectivity index (χ3v) is 3.80. The summed E-state index contributed by atoms with van der Waals surface area (Å²) < 4.78 is 6.56. The zero-order valence-electron chi connectivity index (χ0n) is 10.9. The SMILES string of the molecule is CN(CCOc1ccc(Br)cc1)C(=O)c1csc(N)n1. The van der Waals surface area contributed by atoms with Crippen LogP contribution in [0.2, 0.25) is 0 Å². The van der Waals surface area contributed by atoms with Gasteiger partial charge in [-0.2, -0.15) is 0 Å². The Hall–Kier alpha value is -1.60. The summed E-state index contributed by atoms with van der Waals surface area (Å²) >= 11 is 4.61. The van der Waals surface area contributed by atoms with Crippen LogP contribution in [0.5, 0.6) is 5.75 Å². The number of rotatable bonds is 5. The molecule has 5 nitrogen and oxygen atoms in total. The summed E-state index contributed by atoms with van der Waals surface area (Å²) in [6, 6.07) is 7.55. The van der Waals surface area contributed by atoms with Crippen LogP contribution in [0.4, 0.5) is 5.13 Å². The van der Waals surface area contributed by atoms with Crippen molar-refractivity contribution < 1.29 is 9.53 Å². The number of hydrogen-bond donors (Lipinski definition) is 1. The topological polar surface area (TPSA) is 68.5 Å². The molecule has 2 aromatic rings. The smallest absolute Gasteiger partial charge is 0.273 e. The number of carbonyl (C=O) groups excluding carboxylic acids is 1. The number of anilines is 1. The molecule has 20 heavy (non-hydrogen) atoms. The lowest BCUT2D eigenvalue weighted by atomic mass is 10.3. The second-order valence-electron chi connectivity index (χ2n) is 4.10. The molecule has 0 aliphatic heterocycles. The molecule has 0 bridgehead atoms. The van der Waals surface area contributed by atoms with Gasteiger partial charge in [0, 0.05) is 16.9 Å². The van der Waals surface area contributed by atoms with E-state index in [-0.39, 0.29) is 5.91 Å². The van der Waals surface area contributed by atoms with E-state index in [0.717, 1.165) is 10.2 Å². The maximum absolute atomic E-state index is 12.0. The summed E-state index contributed by atoms with van der Waals surface area (Å²) in [5, 5.41) is 2.05. The molecule has 0 saturated carbocycles. The number of nitrogens with two attached hydrogens (primary N) is 1. The van der Waals surface area contributed by atoms with E-state index in [1.54, 1.807) is 17.3 Å². The molecule has 1 amide bonds. The molecule has 0 spiro atoms. The number of ether oxygens (including phenoxy) is 1. The van der Waals surface area contributed by atoms with Gasteiger partial charge in [0.2, 0.25) is 0 Å². The molecule has 0 radical (unpaired) electrons. The highest BCUT2D eigenvalue weighted by molar-refractivity contribution is 9.10. The predicted octanol–water partition coefficient (Wildman–Crippen LogP) is 2.64. The van der Waals surface area contributed by atoms with Crippen LogP contribution in [0.15, 0.2) is 34.1 Å². The van der Waals surface area contributed by atoms with Crippen molar-refractivity contribution in [2.45, 2.75) is 0 Å². The summed E-state index contributed by atoms with van der Waals surface area (Å²) in [6.45, 7) is 0.899. The zero-order valence-corrected chi connectivity index (χ0v) is 13.3. The van der Waals surface area contributed by atoms with Gasteiger partial charge in [0.05, 0.1) is 6.54 Å². The van der Waals surface area contributed by atoms with Crippen molar-refractivity contribution in [1.82, 2.24) is 9.88 Å². The second-order valence-corrected chi connectivity index (χ2v) is 5.91. The van der Waals surface area contributed by atoms with Crippen molar-refractivity contribution >= 4 is 38.3 Å². The van der Waals surface area contributed by atoms with Crippen molar-refractivity contribution in [1.29, 1.82) is 0 Å². The Balaban J connectivity index is 1.81. The average molecular weight is 356 g/mol. The van der Waals surface area contributed by atoms with Crippen LogP contribution in [0.25, 0.3) is 0 Å². The Kier molecular flexibility index (Phi) is 4.97. The van der Waals surface area contributed by atoms with E-state index >= 15 is 0 Å². The fourth-order valence-corrected chi connectivity index (χ4v) is 2.32. The van der Waals surface area contributed by atoms with E-state index in [0.29, 0.717) is 24.0 Å². The number of nitrogens with zero attached hydrogens (tertiary/aromatic N) is 2. The fraction of sp³-hybridized carbons (Fsp3) is 0.231. The molecule has 0 saturated heterocycles. The number of aromatic nitrogens is 1. The van der Waals surface area contributed by atoms with Crippen LogP contribution in [-0.2, 0) is 0 Å². The molecule has 0 unspecified atom stereocenters. The number of thiazole rings is 1. The van der Waals surface area contributed by atoms with Crippen LogP contribution in [-0.4, -0.2) is 36.0 Å². The summed E-state index contributed by atoms with van der Waals surface area (Å²) in [7, 11) is 1.71. The number of nitrogen functional groups attached to an aromatic ring is 1. The van der Waals surface area contributed by atoms with E-state index in [2.05, 4.69) is 20.9 Å². The van der Waals surface area contributed by atoms with E-state index in [4.69, 9.17) is 10.5 Å². The molecule has 2 N–H and O–H groups in total. The van der Waals surface area contributed by atoms with Gasteiger partial charge in [-0.1, -0.05) is 15.9 Å². The van der Waals surface area contributed by atoms with Crippen LogP contribution in [0, 0.1) is 0 Å². The number of benzene rings is 1. The standard InChI is InChI=1S/C13H14BrN3O2S/c1-17(12(18)11-8-20-13(15)16-11)6-7-19-10-4-2-9(14)3-5-10/h2-5,8H,6-7H2,1H3,(H2,15,16). The normalized spacial score (nSPS) is 10.3. The quantitative estimate of drug-likeness (QED) is 0.894. The average Bonchev–Trinajstić information content (AvgIpc) is 2.86. The number of likely N-dealkylation sites (N-methyl/N-ethyl adjacent to an activating group) is 1. The largest absolute Gasteiger partial charge is 0.492 e. The predicted molar refractivity (Wildman–Crippen MR) is 83.1 cm³/mol. The lowest BCUT2D eigenvalue weighted by Gasteiger charge is -2.16. The third kappa shape index (κ3) is 3.94. The zero-order chi connectivity index (χ0) is 14.5. The van der Waals surface area contributed by atoms with Crippen LogP contribution < -0.4 is 10.5 Å². The summed E-state index contributed by atoms with van der Waals surface area (Å²) in [4.78, 5) is 17.5. The van der Waals surface area contributed by atoms with E-state index < -0.39 is 0 Å². The van der Waals surface area contributed by atoms with Gasteiger partial charge in [0.15, 0.2) is 5.13 Å². The third-order valence-electron chi connectivity index (χ3n) is 2.60. The highest BCUT2D eigenvalue weighted by Crippen LogP contribution is 2.16. The molecule has 0 aliphatic carbocycles. The maximum Gasteiger partial charge on any atom is 0.273 e. The minimum Gasteiger partial charge on any atom is -0.492 e. The highest BCUT2D eigenvalue weighted by atomic mass is 79.9. The lowest BCUT2D eigenvalue weighted by Crippen LogP contribution is -2.31. The van der Waals surface area contributed by atoms with Crippen molar-refractivity contribution in [3.05, 3.63) is 39.8 Å². The highest BCUT2D eigenvalue weighted by Gasteiger charge is 2.14. The molecule has 1 aromatic heterocycles. The number of carbonyl (C=O) groups is 1. The molecule has 0 atom stereocenters. The van der Waals surface area contributed by atoms with Gasteiger partial charge in [-0.15, -0.1) is 11.3 Å². The van der Waals surface area contributed by atoms with Gasteiger partial charge in [0.1, 0.15) is 18.1 Å². The van der Waals surface area contributed by atoms with E-state index in [9.17, 15) is 4.79 Å². The molecule has 106 valence electrons. The summed E-state index contributed by atoms with van der Waals surface area (Å²) in [5.74, 6) is 0.615. The Morgan fingerprint density at radius 1 is 1.45 bits per heavy atom. The monoisotopic (exact) mass is 355 g/mol. The lowest BCUT2D eigenvalue weighted by molar-refractivity contribution is 0.0769. The first-order chi connectivity index (χ1) is 9.56. The molecule has 0 aliphatic rings. The van der Waals surface area contributed by atoms with Gasteiger partial charge in [-0.05, 0) is 24.3 Å². The summed E-state index contributed by atoms with van der Waals surface area (Å²) in [5.41, 5.74) is 5.89. The Bertz CT molecular complexity index is 586. The van der Waals surface area contributed by atoms with Crippen molar-refractivity contribution in [2.24, 2.45) is 0 Å². The van der Waals surface area contributed by atoms with E-state index in [1.807, 2.05) is 24.3 Å². The molecule has 0 fully saturated rings. The Morgan fingerprint density at radius 2 is 2.15 bits per heavy atom. The second kappa shape index (κ2) is 6.71. The van der Waals surface area contributed by atoms with Gasteiger partial charge < -0.3 is 15.4 Å². The van der Waals surface area contributed by atoms with Crippen LogP contribution in [0.3, 0.4) is 0 Å². The van der Waals surface area contributed by atoms with Crippen LogP contribution >= 0.6 is 27.3 Å². The minimum atomic E-state index is -0.155. The van der Waals surface area contributed by atoms with Crippen molar-refractivity contribution in [3.8, 4) is 5.75 Å². The van der Waals surface area contributed by atoms with Crippen LogP contribution in [0.1, 0.15) is 10.5 Å². The first-order valence-electron chi connectivity index (χ1n) is 5.91. The van der Waals surface area contributed by atoms with Crippen molar-refractivity contribution in [2.75, 3.05) is 25.9 Å². The number of halogens is 1. The van der Waals surface area contributed by atoms with Gasteiger partial charge in [0.25, 0.3) is 5.91 Å². The maximum atomic E-state index is 12.0. The molecule has 7 heteroatoms. The Morgan fingerprint density at radius 3 is 2.75 bits per heavy atom. The molecular formula is C13H14BrN3O2S. The van der Waals surface area contributed by atoms with Gasteiger partial charge >= 0.3 is 0 Å². The molecule has 1 heterocycles. The molecular weight excluding hydrogens is 342 g/mol. The number of amides is 1. The first kappa shape index (κ1) is 14.8. The van der Waals surface area contributed by atoms with Gasteiger partial charge in [-0.3, -0.25) is 4.79 Å². The summed E-state index contributed by atoms with van der Waals surface area (Å²) in [6.07, 6.45) is 0. The minimum absolute atomic E-state index is 0.155. The Labute approximate surface area is 129 Å². The van der Waals surface area contributed by atoms with E-state index in [1.165, 1.54) is 11.3 Å². The van der Waals surface area contributed by atoms with Crippen molar-refractivity contribution in [3.63, 3.8) is 0 Å². The fourth-order valence-electron chi connectivity index (χ4n) is 1.51. The van der Waals surface area contributed by atoms with Gasteiger partial charge in [-0.25, -0.2) is 4.98 Å². The molecule has 2 rings (SSSR count).